The summed E-state index contributed by atoms with van der Waals surface area (Å²) in [5.41, 5.74) is 0. The van der Waals surface area contributed by atoms with Crippen molar-refractivity contribution in [2.75, 3.05) is 0 Å². The Morgan fingerprint density at radius 3 is 1.83 bits per heavy atom. The van der Waals surface area contributed by atoms with Crippen LogP contribution in [0.2, 0.25) is 0 Å². The Bertz CT molecular complexity index is 274. The van der Waals surface area contributed by atoms with Gasteiger partial charge in [-0.2, -0.15) is 10.5 Å². The van der Waals surface area contributed by atoms with Crippen LogP contribution in [0, 0.1) is 22.7 Å². The van der Waals surface area contributed by atoms with Crippen molar-refractivity contribution in [2.45, 2.75) is 0 Å². The smallest absolute Gasteiger partial charge is 0.181 e. The summed E-state index contributed by atoms with van der Waals surface area (Å²) in [7, 11) is 2.19. The highest BCUT2D eigenvalue weighted by Crippen LogP contribution is 2.09. The normalized spacial score (nSPS) is 6.58. The fraction of sp³-hybridized carbons (Fsp3) is 0. The van der Waals surface area contributed by atoms with Gasteiger partial charge in [-0.3, -0.25) is 0 Å². The zero-order valence-electron chi connectivity index (χ0n) is 6.27. The van der Waals surface area contributed by atoms with Gasteiger partial charge in [0.05, 0.1) is 9.47 Å². The number of nitriles is 2. The lowest BCUT2D eigenvalue weighted by atomic mass is 10.3. The highest BCUT2D eigenvalue weighted by Gasteiger charge is 1.80. The molecule has 0 amide bonds. The molecular weight excluding hydrogens is 171 g/mol. The SMILES string of the molecule is N#CC#N.POc1ccccc1. The third-order valence-corrected chi connectivity index (χ3v) is 1.20. The first kappa shape index (κ1) is 10.4. The van der Waals surface area contributed by atoms with Crippen molar-refractivity contribution in [3.05, 3.63) is 30.3 Å². The number of benzene rings is 1. The van der Waals surface area contributed by atoms with Crippen molar-refractivity contribution in [1.29, 1.82) is 10.5 Å². The monoisotopic (exact) mass is 178 g/mol. The lowest BCUT2D eigenvalue weighted by molar-refractivity contribution is 0.646. The summed E-state index contributed by atoms with van der Waals surface area (Å²) in [6.07, 6.45) is 0. The average molecular weight is 178 g/mol. The van der Waals surface area contributed by atoms with Crippen LogP contribution in [0.4, 0.5) is 0 Å². The Labute approximate surface area is 73.5 Å². The lowest BCUT2D eigenvalue weighted by Crippen LogP contribution is -1.68. The van der Waals surface area contributed by atoms with E-state index in [1.165, 1.54) is 12.1 Å². The minimum Gasteiger partial charge on any atom is -0.480 e. The van der Waals surface area contributed by atoms with Crippen molar-refractivity contribution < 1.29 is 4.52 Å². The van der Waals surface area contributed by atoms with Gasteiger partial charge in [-0.25, -0.2) is 0 Å². The van der Waals surface area contributed by atoms with Crippen LogP contribution in [0.15, 0.2) is 30.3 Å². The van der Waals surface area contributed by atoms with Crippen LogP contribution >= 0.6 is 9.47 Å². The van der Waals surface area contributed by atoms with Crippen molar-refractivity contribution in [3.63, 3.8) is 0 Å². The largest absolute Gasteiger partial charge is 0.480 e. The molecule has 1 unspecified atom stereocenters. The molecule has 4 heteroatoms. The number of hydrogen-bond donors (Lipinski definition) is 0. The Morgan fingerprint density at radius 2 is 1.58 bits per heavy atom. The first-order valence-electron chi connectivity index (χ1n) is 3.05. The standard InChI is InChI=1S/C6H7OP.C2N2/c8-7-6-4-2-1-3-5-6;3-1-2-4/h1-5H,8H2;. The molecule has 0 radical (unpaired) electrons. The average Bonchev–Trinajstić information content (AvgIpc) is 2.19. The zero-order chi connectivity index (χ0) is 9.23. The highest BCUT2D eigenvalue weighted by molar-refractivity contribution is 7.10. The van der Waals surface area contributed by atoms with Gasteiger partial charge >= 0.3 is 0 Å². The number of nitrogens with zero attached hydrogens (tertiary/aromatic N) is 2. The van der Waals surface area contributed by atoms with Gasteiger partial charge in [0.2, 0.25) is 0 Å². The molecule has 0 saturated carbocycles. The number of hydrogen-bond acceptors (Lipinski definition) is 3. The van der Waals surface area contributed by atoms with E-state index in [-0.39, 0.29) is 0 Å². The van der Waals surface area contributed by atoms with Gasteiger partial charge in [0.15, 0.2) is 12.1 Å². The second-order valence-electron chi connectivity index (χ2n) is 1.65. The van der Waals surface area contributed by atoms with Gasteiger partial charge < -0.3 is 4.52 Å². The van der Waals surface area contributed by atoms with E-state index in [2.05, 4.69) is 9.47 Å². The van der Waals surface area contributed by atoms with E-state index in [9.17, 15) is 0 Å². The molecule has 0 aliphatic rings. The summed E-state index contributed by atoms with van der Waals surface area (Å²) in [6.45, 7) is 0. The summed E-state index contributed by atoms with van der Waals surface area (Å²) in [4.78, 5) is 0. The summed E-state index contributed by atoms with van der Waals surface area (Å²) in [5.74, 6) is 0.873. The minimum atomic E-state index is 0.873. The second kappa shape index (κ2) is 7.54. The molecule has 0 N–H and O–H groups in total. The maximum Gasteiger partial charge on any atom is 0.181 e. The van der Waals surface area contributed by atoms with Crippen molar-refractivity contribution in [3.8, 4) is 17.9 Å². The summed E-state index contributed by atoms with van der Waals surface area (Å²) in [5, 5.41) is 14.5. The molecular formula is C8H7N2OP. The van der Waals surface area contributed by atoms with Gasteiger partial charge in [0, 0.05) is 0 Å². The molecule has 3 nitrogen and oxygen atoms in total. The molecule has 0 fully saturated rings. The van der Waals surface area contributed by atoms with Crippen LogP contribution in [-0.4, -0.2) is 0 Å². The van der Waals surface area contributed by atoms with Crippen LogP contribution in [0.5, 0.6) is 5.75 Å². The van der Waals surface area contributed by atoms with E-state index in [1.807, 2.05) is 30.3 Å². The number of para-hydroxylation sites is 1. The Morgan fingerprint density at radius 1 is 1.08 bits per heavy atom. The molecule has 1 rings (SSSR count). The van der Waals surface area contributed by atoms with Crippen LogP contribution in [0.1, 0.15) is 0 Å². The predicted molar refractivity (Wildman–Crippen MR) is 48.0 cm³/mol. The first-order valence-corrected chi connectivity index (χ1v) is 3.52. The molecule has 0 saturated heterocycles. The fourth-order valence-electron chi connectivity index (χ4n) is 0.499. The van der Waals surface area contributed by atoms with E-state index >= 15 is 0 Å². The lowest BCUT2D eigenvalue weighted by Gasteiger charge is -1.93. The van der Waals surface area contributed by atoms with Crippen molar-refractivity contribution in [1.82, 2.24) is 0 Å². The Hall–Kier alpha value is -1.57. The van der Waals surface area contributed by atoms with Gasteiger partial charge in [-0.15, -0.1) is 0 Å². The molecule has 0 bridgehead atoms. The van der Waals surface area contributed by atoms with Crippen LogP contribution in [0.3, 0.4) is 0 Å². The molecule has 0 aromatic heterocycles. The molecule has 0 aliphatic carbocycles. The van der Waals surface area contributed by atoms with E-state index < -0.39 is 0 Å². The summed E-state index contributed by atoms with van der Waals surface area (Å²) < 4.78 is 4.83. The van der Waals surface area contributed by atoms with Gasteiger partial charge in [0.1, 0.15) is 5.75 Å². The topological polar surface area (TPSA) is 56.8 Å². The molecule has 0 heterocycles. The third kappa shape index (κ3) is 5.23. The second-order valence-corrected chi connectivity index (χ2v) is 1.89. The quantitative estimate of drug-likeness (QED) is 0.617. The summed E-state index contributed by atoms with van der Waals surface area (Å²) in [6, 6.07) is 12.1. The third-order valence-electron chi connectivity index (χ3n) is 0.929. The van der Waals surface area contributed by atoms with Crippen LogP contribution in [0.25, 0.3) is 0 Å². The van der Waals surface area contributed by atoms with Gasteiger partial charge in [-0.05, 0) is 12.1 Å². The molecule has 1 atom stereocenters. The van der Waals surface area contributed by atoms with Crippen molar-refractivity contribution in [2.24, 2.45) is 0 Å². The van der Waals surface area contributed by atoms with Crippen LogP contribution < -0.4 is 4.52 Å². The maximum absolute atomic E-state index is 7.26. The highest BCUT2D eigenvalue weighted by atomic mass is 31.0. The first-order chi connectivity index (χ1) is 5.85. The predicted octanol–water partition coefficient (Wildman–Crippen LogP) is 1.89. The summed E-state index contributed by atoms with van der Waals surface area (Å²) >= 11 is 0. The fourth-order valence-corrected chi connectivity index (χ4v) is 0.656. The van der Waals surface area contributed by atoms with Crippen LogP contribution in [-0.2, 0) is 0 Å². The van der Waals surface area contributed by atoms with E-state index in [4.69, 9.17) is 15.0 Å². The van der Waals surface area contributed by atoms with Crippen molar-refractivity contribution >= 4 is 9.47 Å². The molecule has 60 valence electrons. The van der Waals surface area contributed by atoms with Gasteiger partial charge in [-0.1, -0.05) is 18.2 Å². The minimum absolute atomic E-state index is 0.873. The van der Waals surface area contributed by atoms with E-state index in [0.717, 1.165) is 5.75 Å². The van der Waals surface area contributed by atoms with E-state index in [0.29, 0.717) is 0 Å². The molecule has 12 heavy (non-hydrogen) atoms. The molecule has 0 aliphatic heterocycles. The number of rotatable bonds is 1. The maximum atomic E-state index is 7.26. The molecule has 1 aromatic rings. The molecule has 1 aromatic carbocycles. The van der Waals surface area contributed by atoms with E-state index in [1.54, 1.807) is 0 Å². The Kier molecular flexibility index (Phi) is 6.55. The zero-order valence-corrected chi connectivity index (χ0v) is 7.42. The van der Waals surface area contributed by atoms with Gasteiger partial charge in [0.25, 0.3) is 0 Å². The molecule has 0 spiro atoms. The Balaban J connectivity index is 0.000000261.